The number of para-hydroxylation sites is 1. The zero-order valence-corrected chi connectivity index (χ0v) is 18.0. The van der Waals surface area contributed by atoms with Crippen LogP contribution in [0.25, 0.3) is 21.7 Å². The lowest BCUT2D eigenvalue weighted by atomic mass is 10.1. The molecule has 1 aliphatic heterocycles. The summed E-state index contributed by atoms with van der Waals surface area (Å²) >= 11 is 0. The molecule has 0 saturated carbocycles. The van der Waals surface area contributed by atoms with Crippen molar-refractivity contribution in [2.45, 2.75) is 32.5 Å². The standard InChI is InChI=1S/C25H27N5O2/c31-24(18-29-14-11-19-7-1-4-10-23(19)29)26-17-22-20-8-2-3-9-21(20)25(32)30(27-22)16-15-28-12-5-6-13-28/h1-4,7-11,14H,5-6,12-13,15-18H2,(H,26,31). The van der Waals surface area contributed by atoms with Crippen LogP contribution in [0.3, 0.4) is 0 Å². The van der Waals surface area contributed by atoms with Gasteiger partial charge in [0.2, 0.25) is 5.91 Å². The first-order chi connectivity index (χ1) is 15.7. The summed E-state index contributed by atoms with van der Waals surface area (Å²) in [6.45, 7) is 4.05. The number of fused-ring (bicyclic) bond motifs is 2. The molecule has 7 nitrogen and oxygen atoms in total. The second-order valence-electron chi connectivity index (χ2n) is 8.35. The third-order valence-electron chi connectivity index (χ3n) is 6.22. The number of amides is 1. The van der Waals surface area contributed by atoms with Crippen LogP contribution in [-0.4, -0.2) is 44.8 Å². The van der Waals surface area contributed by atoms with Crippen molar-refractivity contribution in [2.75, 3.05) is 19.6 Å². The maximum Gasteiger partial charge on any atom is 0.274 e. The molecule has 2 aromatic heterocycles. The van der Waals surface area contributed by atoms with Gasteiger partial charge in [-0.1, -0.05) is 36.4 Å². The summed E-state index contributed by atoms with van der Waals surface area (Å²) in [5.74, 6) is -0.0907. The molecular weight excluding hydrogens is 402 g/mol. The Morgan fingerprint density at radius 2 is 1.69 bits per heavy atom. The predicted molar refractivity (Wildman–Crippen MR) is 125 cm³/mol. The van der Waals surface area contributed by atoms with E-state index in [2.05, 4.69) is 15.3 Å². The first-order valence-electron chi connectivity index (χ1n) is 11.2. The van der Waals surface area contributed by atoms with E-state index in [9.17, 15) is 9.59 Å². The molecule has 1 N–H and O–H groups in total. The summed E-state index contributed by atoms with van der Waals surface area (Å²) in [4.78, 5) is 28.0. The van der Waals surface area contributed by atoms with E-state index in [0.717, 1.165) is 35.9 Å². The van der Waals surface area contributed by atoms with Gasteiger partial charge in [0.15, 0.2) is 0 Å². The average molecular weight is 430 g/mol. The summed E-state index contributed by atoms with van der Waals surface area (Å²) < 4.78 is 3.49. The van der Waals surface area contributed by atoms with Crippen LogP contribution in [0, 0.1) is 0 Å². The molecule has 0 unspecified atom stereocenters. The Balaban J connectivity index is 1.34. The smallest absolute Gasteiger partial charge is 0.274 e. The third kappa shape index (κ3) is 4.16. The fourth-order valence-electron chi connectivity index (χ4n) is 4.50. The fourth-order valence-corrected chi connectivity index (χ4v) is 4.50. The van der Waals surface area contributed by atoms with E-state index in [4.69, 9.17) is 0 Å². The third-order valence-corrected chi connectivity index (χ3v) is 6.22. The molecule has 0 radical (unpaired) electrons. The topological polar surface area (TPSA) is 72.2 Å². The molecule has 0 bridgehead atoms. The zero-order valence-electron chi connectivity index (χ0n) is 18.0. The molecule has 1 amide bonds. The molecule has 1 saturated heterocycles. The molecule has 4 aromatic rings. The van der Waals surface area contributed by atoms with Gasteiger partial charge in [-0.25, -0.2) is 4.68 Å². The number of aromatic nitrogens is 3. The van der Waals surface area contributed by atoms with Crippen LogP contribution >= 0.6 is 0 Å². The van der Waals surface area contributed by atoms with Gasteiger partial charge in [0.1, 0.15) is 6.54 Å². The van der Waals surface area contributed by atoms with Crippen molar-refractivity contribution in [3.63, 3.8) is 0 Å². The van der Waals surface area contributed by atoms with E-state index in [1.54, 1.807) is 4.68 Å². The first kappa shape index (κ1) is 20.5. The van der Waals surface area contributed by atoms with Gasteiger partial charge in [0.05, 0.1) is 24.2 Å². The molecule has 5 rings (SSSR count). The Labute approximate surface area is 186 Å². The van der Waals surface area contributed by atoms with Crippen molar-refractivity contribution >= 4 is 27.6 Å². The fraction of sp³-hybridized carbons (Fsp3) is 0.320. The largest absolute Gasteiger partial charge is 0.349 e. The van der Waals surface area contributed by atoms with Crippen molar-refractivity contribution < 1.29 is 4.79 Å². The summed E-state index contributed by atoms with van der Waals surface area (Å²) in [7, 11) is 0. The Morgan fingerprint density at radius 1 is 0.938 bits per heavy atom. The minimum Gasteiger partial charge on any atom is -0.349 e. The van der Waals surface area contributed by atoms with E-state index in [1.165, 1.54) is 12.8 Å². The molecule has 1 aliphatic rings. The second kappa shape index (κ2) is 8.96. The molecule has 32 heavy (non-hydrogen) atoms. The van der Waals surface area contributed by atoms with Gasteiger partial charge < -0.3 is 14.8 Å². The van der Waals surface area contributed by atoms with Gasteiger partial charge in [0.25, 0.3) is 5.56 Å². The van der Waals surface area contributed by atoms with Crippen LogP contribution in [0.2, 0.25) is 0 Å². The number of nitrogens with zero attached hydrogens (tertiary/aromatic N) is 4. The summed E-state index contributed by atoms with van der Waals surface area (Å²) in [6, 6.07) is 17.5. The molecule has 0 atom stereocenters. The minimum atomic E-state index is -0.0907. The number of benzene rings is 2. The zero-order chi connectivity index (χ0) is 21.9. The Hall–Kier alpha value is -3.45. The normalized spacial score (nSPS) is 14.4. The molecule has 0 aliphatic carbocycles. The molecule has 2 aromatic carbocycles. The van der Waals surface area contributed by atoms with Gasteiger partial charge in [0, 0.05) is 23.6 Å². The van der Waals surface area contributed by atoms with E-state index in [1.807, 2.05) is 65.4 Å². The van der Waals surface area contributed by atoms with Crippen molar-refractivity contribution in [3.8, 4) is 0 Å². The molecular formula is C25H27N5O2. The van der Waals surface area contributed by atoms with Crippen molar-refractivity contribution in [1.29, 1.82) is 0 Å². The Kier molecular flexibility index (Phi) is 5.73. The van der Waals surface area contributed by atoms with Crippen molar-refractivity contribution in [2.24, 2.45) is 0 Å². The summed E-state index contributed by atoms with van der Waals surface area (Å²) in [5.41, 5.74) is 1.67. The highest BCUT2D eigenvalue weighted by molar-refractivity contribution is 5.85. The number of rotatable bonds is 7. The van der Waals surface area contributed by atoms with E-state index in [0.29, 0.717) is 17.6 Å². The lowest BCUT2D eigenvalue weighted by molar-refractivity contribution is -0.121. The van der Waals surface area contributed by atoms with Crippen molar-refractivity contribution in [1.82, 2.24) is 24.6 Å². The molecule has 164 valence electrons. The number of hydrogen-bond donors (Lipinski definition) is 1. The van der Waals surface area contributed by atoms with Gasteiger partial charge in [-0.2, -0.15) is 5.10 Å². The molecule has 3 heterocycles. The van der Waals surface area contributed by atoms with Gasteiger partial charge >= 0.3 is 0 Å². The van der Waals surface area contributed by atoms with Crippen LogP contribution in [0.5, 0.6) is 0 Å². The molecule has 0 spiro atoms. The lowest BCUT2D eigenvalue weighted by Gasteiger charge is -2.16. The van der Waals surface area contributed by atoms with E-state index < -0.39 is 0 Å². The van der Waals surface area contributed by atoms with E-state index in [-0.39, 0.29) is 24.6 Å². The SMILES string of the molecule is O=C(Cn1ccc2ccccc21)NCc1nn(CCN2CCCC2)c(=O)c2ccccc12. The van der Waals surface area contributed by atoms with E-state index >= 15 is 0 Å². The quantitative estimate of drug-likeness (QED) is 0.490. The summed E-state index contributed by atoms with van der Waals surface area (Å²) in [6.07, 6.45) is 4.36. The highest BCUT2D eigenvalue weighted by Crippen LogP contribution is 2.16. The molecule has 1 fully saturated rings. The lowest BCUT2D eigenvalue weighted by Crippen LogP contribution is -2.33. The minimum absolute atomic E-state index is 0.0753. The number of nitrogens with one attached hydrogen (secondary N) is 1. The van der Waals surface area contributed by atoms with Crippen LogP contribution in [0.4, 0.5) is 0 Å². The highest BCUT2D eigenvalue weighted by atomic mass is 16.2. The Morgan fingerprint density at radius 3 is 2.53 bits per heavy atom. The molecule has 7 heteroatoms. The first-order valence-corrected chi connectivity index (χ1v) is 11.2. The number of carbonyl (C=O) groups excluding carboxylic acids is 1. The average Bonchev–Trinajstić information content (AvgIpc) is 3.48. The Bertz CT molecular complexity index is 1320. The number of hydrogen-bond acceptors (Lipinski definition) is 4. The maximum absolute atomic E-state index is 13.0. The van der Waals surface area contributed by atoms with Gasteiger partial charge in [-0.3, -0.25) is 9.59 Å². The number of likely N-dealkylation sites (tertiary alicyclic amines) is 1. The summed E-state index contributed by atoms with van der Waals surface area (Å²) in [5, 5.41) is 10.2. The predicted octanol–water partition coefficient (Wildman–Crippen LogP) is 2.76. The van der Waals surface area contributed by atoms with Crippen LogP contribution in [0.15, 0.2) is 65.6 Å². The monoisotopic (exact) mass is 429 g/mol. The van der Waals surface area contributed by atoms with Crippen molar-refractivity contribution in [3.05, 3.63) is 76.8 Å². The van der Waals surface area contributed by atoms with Gasteiger partial charge in [-0.15, -0.1) is 0 Å². The van der Waals surface area contributed by atoms with Crippen LogP contribution < -0.4 is 10.9 Å². The highest BCUT2D eigenvalue weighted by Gasteiger charge is 2.15. The van der Waals surface area contributed by atoms with Gasteiger partial charge in [-0.05, 0) is 49.5 Å². The second-order valence-corrected chi connectivity index (χ2v) is 8.35. The van der Waals surface area contributed by atoms with Crippen LogP contribution in [0.1, 0.15) is 18.5 Å². The maximum atomic E-state index is 13.0. The van der Waals surface area contributed by atoms with Crippen LogP contribution in [-0.2, 0) is 24.4 Å². The number of carbonyl (C=O) groups is 1.